The Hall–Kier alpha value is -1.65. The predicted molar refractivity (Wildman–Crippen MR) is 70.9 cm³/mol. The van der Waals surface area contributed by atoms with Crippen LogP contribution in [0, 0.1) is 6.92 Å². The Morgan fingerprint density at radius 3 is 3.00 bits per heavy atom. The van der Waals surface area contributed by atoms with Crippen LogP contribution in [-0.2, 0) is 4.74 Å². The lowest BCUT2D eigenvalue weighted by molar-refractivity contribution is 0.0278. The van der Waals surface area contributed by atoms with E-state index in [0.717, 1.165) is 41.7 Å². The van der Waals surface area contributed by atoms with Gasteiger partial charge in [0.1, 0.15) is 0 Å². The molecule has 2 heterocycles. The van der Waals surface area contributed by atoms with Gasteiger partial charge in [-0.1, -0.05) is 6.07 Å². The number of aromatic amines is 1. The van der Waals surface area contributed by atoms with Gasteiger partial charge in [-0.3, -0.25) is 4.79 Å². The maximum absolute atomic E-state index is 11.5. The molecule has 1 aliphatic rings. The molecule has 0 radical (unpaired) electrons. The zero-order valence-corrected chi connectivity index (χ0v) is 10.3. The van der Waals surface area contributed by atoms with Crippen LogP contribution in [0.2, 0.25) is 0 Å². The van der Waals surface area contributed by atoms with Crippen LogP contribution < -0.4 is 10.9 Å². The molecule has 4 heteroatoms. The van der Waals surface area contributed by atoms with E-state index in [2.05, 4.69) is 16.4 Å². The molecule has 1 saturated heterocycles. The first-order chi connectivity index (χ1) is 8.74. The van der Waals surface area contributed by atoms with Crippen molar-refractivity contribution < 1.29 is 4.74 Å². The zero-order chi connectivity index (χ0) is 12.5. The number of nitrogens with one attached hydrogen (secondary N) is 2. The average Bonchev–Trinajstić information content (AvgIpc) is 2.41. The summed E-state index contributed by atoms with van der Waals surface area (Å²) in [5, 5.41) is 4.37. The van der Waals surface area contributed by atoms with Crippen LogP contribution in [0.5, 0.6) is 0 Å². The van der Waals surface area contributed by atoms with E-state index in [1.807, 2.05) is 25.1 Å². The number of hydrogen-bond acceptors (Lipinski definition) is 3. The van der Waals surface area contributed by atoms with Gasteiger partial charge in [-0.05, 0) is 36.1 Å². The molecular formula is C14H16N2O2. The lowest BCUT2D eigenvalue weighted by Gasteiger charge is -2.24. The van der Waals surface area contributed by atoms with E-state index >= 15 is 0 Å². The Bertz CT molecular complexity index is 627. The van der Waals surface area contributed by atoms with Crippen molar-refractivity contribution in [1.82, 2.24) is 10.3 Å². The smallest absolute Gasteiger partial charge is 0.251 e. The van der Waals surface area contributed by atoms with Crippen molar-refractivity contribution in [2.24, 2.45) is 0 Å². The lowest BCUT2D eigenvalue weighted by atomic mass is 10.0. The van der Waals surface area contributed by atoms with Crippen LogP contribution in [0.25, 0.3) is 10.9 Å². The summed E-state index contributed by atoms with van der Waals surface area (Å²) in [6.45, 7) is 4.32. The van der Waals surface area contributed by atoms with Crippen LogP contribution in [0.1, 0.15) is 17.2 Å². The number of aryl methyl sites for hydroxylation is 1. The number of aromatic nitrogens is 1. The SMILES string of the molecule is Cc1cc2cc(C3CNCCO3)ccc2[nH]c1=O. The van der Waals surface area contributed by atoms with Crippen LogP contribution >= 0.6 is 0 Å². The molecule has 0 saturated carbocycles. The molecule has 1 aromatic heterocycles. The fraction of sp³-hybridized carbons (Fsp3) is 0.357. The summed E-state index contributed by atoms with van der Waals surface area (Å²) in [6, 6.07) is 7.98. The first-order valence-corrected chi connectivity index (χ1v) is 6.20. The number of H-pyrrole nitrogens is 1. The molecule has 0 amide bonds. The van der Waals surface area contributed by atoms with Gasteiger partial charge in [-0.2, -0.15) is 0 Å². The molecular weight excluding hydrogens is 228 g/mol. The summed E-state index contributed by atoms with van der Waals surface area (Å²) in [7, 11) is 0. The molecule has 1 unspecified atom stereocenters. The van der Waals surface area contributed by atoms with Gasteiger partial charge in [0.25, 0.3) is 5.56 Å². The molecule has 2 aromatic rings. The fourth-order valence-electron chi connectivity index (χ4n) is 2.31. The zero-order valence-electron chi connectivity index (χ0n) is 10.3. The Morgan fingerprint density at radius 2 is 2.22 bits per heavy atom. The van der Waals surface area contributed by atoms with Crippen molar-refractivity contribution in [3.05, 3.63) is 45.7 Å². The number of ether oxygens (including phenoxy) is 1. The molecule has 3 rings (SSSR count). The van der Waals surface area contributed by atoms with Crippen molar-refractivity contribution in [2.45, 2.75) is 13.0 Å². The summed E-state index contributed by atoms with van der Waals surface area (Å²) in [6.07, 6.45) is 0.107. The van der Waals surface area contributed by atoms with Crippen molar-refractivity contribution in [3.63, 3.8) is 0 Å². The van der Waals surface area contributed by atoms with Crippen molar-refractivity contribution >= 4 is 10.9 Å². The number of fused-ring (bicyclic) bond motifs is 1. The Balaban J connectivity index is 2.04. The first kappa shape index (κ1) is 11.4. The van der Waals surface area contributed by atoms with Gasteiger partial charge >= 0.3 is 0 Å². The number of benzene rings is 1. The minimum atomic E-state index is -0.0224. The van der Waals surface area contributed by atoms with Crippen molar-refractivity contribution in [1.29, 1.82) is 0 Å². The van der Waals surface area contributed by atoms with E-state index in [-0.39, 0.29) is 11.7 Å². The minimum Gasteiger partial charge on any atom is -0.371 e. The monoisotopic (exact) mass is 244 g/mol. The Kier molecular flexibility index (Phi) is 2.89. The molecule has 1 atom stereocenters. The van der Waals surface area contributed by atoms with Gasteiger partial charge in [0.05, 0.1) is 12.7 Å². The number of morpholine rings is 1. The molecule has 94 valence electrons. The van der Waals surface area contributed by atoms with E-state index in [4.69, 9.17) is 4.74 Å². The van der Waals surface area contributed by atoms with Crippen LogP contribution in [0.4, 0.5) is 0 Å². The molecule has 1 aromatic carbocycles. The topological polar surface area (TPSA) is 54.1 Å². The van der Waals surface area contributed by atoms with E-state index in [1.165, 1.54) is 0 Å². The predicted octanol–water partition coefficient (Wildman–Crippen LogP) is 1.50. The third kappa shape index (κ3) is 2.05. The van der Waals surface area contributed by atoms with Gasteiger partial charge in [0.15, 0.2) is 0 Å². The molecule has 1 fully saturated rings. The van der Waals surface area contributed by atoms with E-state index in [1.54, 1.807) is 0 Å². The second kappa shape index (κ2) is 4.55. The van der Waals surface area contributed by atoms with Crippen LogP contribution in [-0.4, -0.2) is 24.7 Å². The minimum absolute atomic E-state index is 0.0224. The van der Waals surface area contributed by atoms with Crippen molar-refractivity contribution in [3.8, 4) is 0 Å². The third-order valence-electron chi connectivity index (χ3n) is 3.35. The highest BCUT2D eigenvalue weighted by molar-refractivity contribution is 5.79. The summed E-state index contributed by atoms with van der Waals surface area (Å²) in [5.74, 6) is 0. The first-order valence-electron chi connectivity index (χ1n) is 6.20. The van der Waals surface area contributed by atoms with Gasteiger partial charge in [-0.15, -0.1) is 0 Å². The Labute approximate surface area is 105 Å². The number of pyridine rings is 1. The summed E-state index contributed by atoms with van der Waals surface area (Å²) < 4.78 is 5.73. The molecule has 2 N–H and O–H groups in total. The summed E-state index contributed by atoms with van der Waals surface area (Å²) >= 11 is 0. The van der Waals surface area contributed by atoms with Gasteiger partial charge in [0, 0.05) is 24.2 Å². The summed E-state index contributed by atoms with van der Waals surface area (Å²) in [4.78, 5) is 14.4. The summed E-state index contributed by atoms with van der Waals surface area (Å²) in [5.41, 5.74) is 2.74. The molecule has 0 spiro atoms. The van der Waals surface area contributed by atoms with E-state index in [0.29, 0.717) is 0 Å². The second-order valence-corrected chi connectivity index (χ2v) is 4.69. The van der Waals surface area contributed by atoms with E-state index in [9.17, 15) is 4.79 Å². The van der Waals surface area contributed by atoms with Crippen LogP contribution in [0.15, 0.2) is 29.1 Å². The molecule has 1 aliphatic heterocycles. The highest BCUT2D eigenvalue weighted by atomic mass is 16.5. The number of rotatable bonds is 1. The highest BCUT2D eigenvalue weighted by Gasteiger charge is 2.15. The van der Waals surface area contributed by atoms with Crippen LogP contribution in [0.3, 0.4) is 0 Å². The third-order valence-corrected chi connectivity index (χ3v) is 3.35. The second-order valence-electron chi connectivity index (χ2n) is 4.69. The largest absolute Gasteiger partial charge is 0.371 e. The van der Waals surface area contributed by atoms with E-state index < -0.39 is 0 Å². The molecule has 0 bridgehead atoms. The lowest BCUT2D eigenvalue weighted by Crippen LogP contribution is -2.33. The molecule has 0 aliphatic carbocycles. The Morgan fingerprint density at radius 1 is 1.33 bits per heavy atom. The van der Waals surface area contributed by atoms with Crippen molar-refractivity contribution in [2.75, 3.05) is 19.7 Å². The number of hydrogen-bond donors (Lipinski definition) is 2. The molecule has 18 heavy (non-hydrogen) atoms. The normalized spacial score (nSPS) is 20.2. The maximum atomic E-state index is 11.5. The quantitative estimate of drug-likeness (QED) is 0.799. The average molecular weight is 244 g/mol. The van der Waals surface area contributed by atoms with Gasteiger partial charge in [-0.25, -0.2) is 0 Å². The highest BCUT2D eigenvalue weighted by Crippen LogP contribution is 2.22. The van der Waals surface area contributed by atoms with Gasteiger partial charge < -0.3 is 15.0 Å². The maximum Gasteiger partial charge on any atom is 0.251 e. The van der Waals surface area contributed by atoms with Gasteiger partial charge in [0.2, 0.25) is 0 Å². The standard InChI is InChI=1S/C14H16N2O2/c1-9-6-11-7-10(13-8-15-4-5-18-13)2-3-12(11)16-14(9)17/h2-3,6-7,13,15H,4-5,8H2,1H3,(H,16,17). The molecule has 4 nitrogen and oxygen atoms in total. The fourth-order valence-corrected chi connectivity index (χ4v) is 2.31.